The van der Waals surface area contributed by atoms with Crippen LogP contribution in [-0.2, 0) is 9.59 Å². The molecule has 0 bridgehead atoms. The average molecular weight is 582 g/mol. The number of alkyl halides is 3. The minimum absolute atomic E-state index is 0.0106. The molecule has 0 fully saturated rings. The normalized spacial score (nSPS) is 15.6. The number of H-pyrrole nitrogens is 1. The van der Waals surface area contributed by atoms with Crippen molar-refractivity contribution in [1.82, 2.24) is 26.1 Å². The molecule has 2 unspecified atom stereocenters. The van der Waals surface area contributed by atoms with Crippen LogP contribution in [0.5, 0.6) is 5.75 Å². The fourth-order valence-electron chi connectivity index (χ4n) is 3.91. The molecule has 16 heteroatoms. The molecule has 0 spiro atoms. The van der Waals surface area contributed by atoms with Gasteiger partial charge in [0.15, 0.2) is 5.96 Å². The number of halogens is 4. The van der Waals surface area contributed by atoms with Crippen LogP contribution in [0.25, 0.3) is 10.9 Å². The van der Waals surface area contributed by atoms with E-state index in [0.29, 0.717) is 22.5 Å². The zero-order valence-electron chi connectivity index (χ0n) is 20.5. The van der Waals surface area contributed by atoms with Gasteiger partial charge in [0.2, 0.25) is 5.91 Å². The third-order valence-corrected chi connectivity index (χ3v) is 5.88. The molecule has 0 radical (unpaired) electrons. The number of carbonyl (C=O) groups is 3. The third-order valence-electron chi connectivity index (χ3n) is 5.66. The van der Waals surface area contributed by atoms with E-state index < -0.39 is 49.6 Å². The topological polar surface area (TPSA) is 170 Å². The highest BCUT2D eigenvalue weighted by atomic mass is 35.5. The van der Waals surface area contributed by atoms with Crippen LogP contribution >= 0.6 is 11.6 Å². The molecule has 2 atom stereocenters. The number of ether oxygens (including phenoxy) is 1. The van der Waals surface area contributed by atoms with Crippen molar-refractivity contribution in [2.24, 2.45) is 4.99 Å². The third kappa shape index (κ3) is 7.53. The summed E-state index contributed by atoms with van der Waals surface area (Å²) in [6.07, 6.45) is -0.171. The summed E-state index contributed by atoms with van der Waals surface area (Å²) < 4.78 is 43.0. The maximum absolute atomic E-state index is 13.4. The van der Waals surface area contributed by atoms with E-state index in [1.54, 1.807) is 0 Å². The molecule has 12 nitrogen and oxygen atoms in total. The molecule has 40 heavy (non-hydrogen) atoms. The minimum Gasteiger partial charge on any atom is -0.481 e. The number of guanidine groups is 1. The molecule has 2 heterocycles. The summed E-state index contributed by atoms with van der Waals surface area (Å²) in [5.41, 5.74) is 1.22. The van der Waals surface area contributed by atoms with Crippen molar-refractivity contribution in [3.63, 3.8) is 0 Å². The van der Waals surface area contributed by atoms with Gasteiger partial charge < -0.3 is 31.1 Å². The molecule has 0 aliphatic carbocycles. The fraction of sp³-hybridized carbons (Fsp3) is 0.292. The van der Waals surface area contributed by atoms with Crippen molar-refractivity contribution in [3.8, 4) is 5.75 Å². The number of aliphatic carboxylic acids is 1. The molecule has 3 aromatic rings. The Kier molecular flexibility index (Phi) is 8.93. The molecular formula is C24H23ClF3N7O5. The molecule has 0 saturated carbocycles. The molecule has 2 amide bonds. The van der Waals surface area contributed by atoms with Crippen molar-refractivity contribution in [2.75, 3.05) is 25.0 Å². The Balaban J connectivity index is 1.45. The summed E-state index contributed by atoms with van der Waals surface area (Å²) in [6.45, 7) is -3.61. The fourth-order valence-corrected chi connectivity index (χ4v) is 4.14. The lowest BCUT2D eigenvalue weighted by Crippen LogP contribution is -2.41. The molecule has 1 aromatic heterocycles. The number of aromatic amines is 1. The van der Waals surface area contributed by atoms with Crippen LogP contribution in [0.2, 0.25) is 5.02 Å². The minimum atomic E-state index is -3.14. The number of hydrogen-bond acceptors (Lipinski definition) is 8. The maximum atomic E-state index is 13.4. The van der Waals surface area contributed by atoms with E-state index in [4.69, 9.17) is 11.6 Å². The zero-order valence-corrected chi connectivity index (χ0v) is 21.3. The van der Waals surface area contributed by atoms with Gasteiger partial charge in [-0.2, -0.15) is 13.9 Å². The van der Waals surface area contributed by atoms with E-state index in [0.717, 1.165) is 12.1 Å². The molecule has 1 aliphatic heterocycles. The van der Waals surface area contributed by atoms with Crippen molar-refractivity contribution in [3.05, 3.63) is 52.7 Å². The average Bonchev–Trinajstić information content (AvgIpc) is 3.36. The molecule has 6 N–H and O–H groups in total. The highest BCUT2D eigenvalue weighted by molar-refractivity contribution is 6.30. The summed E-state index contributed by atoms with van der Waals surface area (Å²) in [7, 11) is 0. The Morgan fingerprint density at radius 1 is 1.20 bits per heavy atom. The van der Waals surface area contributed by atoms with Crippen LogP contribution in [0.1, 0.15) is 28.4 Å². The van der Waals surface area contributed by atoms with E-state index in [1.165, 1.54) is 24.4 Å². The summed E-state index contributed by atoms with van der Waals surface area (Å²) in [6, 6.07) is 5.41. The van der Waals surface area contributed by atoms with Crippen LogP contribution < -0.4 is 26.0 Å². The van der Waals surface area contributed by atoms with Gasteiger partial charge in [-0.3, -0.25) is 19.5 Å². The summed E-state index contributed by atoms with van der Waals surface area (Å²) in [4.78, 5) is 41.0. The Hall–Kier alpha value is -4.53. The zero-order chi connectivity index (χ0) is 28.8. The van der Waals surface area contributed by atoms with E-state index in [9.17, 15) is 32.7 Å². The molecule has 2 aromatic carbocycles. The van der Waals surface area contributed by atoms with Gasteiger partial charge in [0.05, 0.1) is 49.5 Å². The Morgan fingerprint density at radius 3 is 2.70 bits per heavy atom. The lowest BCUT2D eigenvalue weighted by Gasteiger charge is -2.20. The van der Waals surface area contributed by atoms with Crippen LogP contribution in [0.4, 0.5) is 18.9 Å². The van der Waals surface area contributed by atoms with Crippen LogP contribution in [0.3, 0.4) is 0 Å². The first-order chi connectivity index (χ1) is 19.1. The van der Waals surface area contributed by atoms with Crippen molar-refractivity contribution in [2.45, 2.75) is 25.2 Å². The second-order valence-electron chi connectivity index (χ2n) is 8.65. The number of hydrogen-bond donors (Lipinski definition) is 6. The van der Waals surface area contributed by atoms with Crippen LogP contribution in [0, 0.1) is 0 Å². The number of carboxylic acid groups (broad SMARTS) is 1. The number of anilines is 1. The number of carbonyl (C=O) groups excluding carboxylic acids is 2. The molecule has 0 saturated heterocycles. The Bertz CT molecular complexity index is 1450. The number of rotatable bonds is 10. The van der Waals surface area contributed by atoms with E-state index in [2.05, 4.69) is 41.2 Å². The lowest BCUT2D eigenvalue weighted by atomic mass is 10.0. The maximum Gasteiger partial charge on any atom is 0.387 e. The SMILES string of the molecule is O=C(O)CC(NC(=O)CNC(=O)c1cc(NC2=NCC(F)CN2)c2cn[nH]c2c1)c1cc(Cl)cc(OC(F)F)c1. The van der Waals surface area contributed by atoms with Crippen molar-refractivity contribution >= 4 is 51.9 Å². The molecule has 1 aliphatic rings. The predicted octanol–water partition coefficient (Wildman–Crippen LogP) is 2.59. The van der Waals surface area contributed by atoms with Gasteiger partial charge in [0.25, 0.3) is 5.91 Å². The smallest absolute Gasteiger partial charge is 0.387 e. The largest absolute Gasteiger partial charge is 0.481 e. The quantitative estimate of drug-likeness (QED) is 0.212. The highest BCUT2D eigenvalue weighted by Crippen LogP contribution is 2.28. The highest BCUT2D eigenvalue weighted by Gasteiger charge is 2.22. The number of nitrogens with zero attached hydrogens (tertiary/aromatic N) is 2. The first-order valence-corrected chi connectivity index (χ1v) is 12.2. The van der Waals surface area contributed by atoms with Gasteiger partial charge in [-0.05, 0) is 35.9 Å². The Morgan fingerprint density at radius 2 is 2.00 bits per heavy atom. The first-order valence-electron chi connectivity index (χ1n) is 11.8. The predicted molar refractivity (Wildman–Crippen MR) is 138 cm³/mol. The second kappa shape index (κ2) is 12.5. The van der Waals surface area contributed by atoms with Crippen molar-refractivity contribution in [1.29, 1.82) is 0 Å². The Labute approximate surface area is 229 Å². The van der Waals surface area contributed by atoms with Crippen LogP contribution in [0.15, 0.2) is 41.5 Å². The van der Waals surface area contributed by atoms with Gasteiger partial charge in [-0.1, -0.05) is 11.6 Å². The lowest BCUT2D eigenvalue weighted by molar-refractivity contribution is -0.137. The van der Waals surface area contributed by atoms with Gasteiger partial charge >= 0.3 is 12.6 Å². The number of fused-ring (bicyclic) bond motifs is 1. The molecular weight excluding hydrogens is 559 g/mol. The number of amides is 2. The van der Waals surface area contributed by atoms with Gasteiger partial charge in [-0.25, -0.2) is 9.38 Å². The van der Waals surface area contributed by atoms with Gasteiger partial charge in [-0.15, -0.1) is 0 Å². The number of carboxylic acids is 1. The van der Waals surface area contributed by atoms with Gasteiger partial charge in [0.1, 0.15) is 11.9 Å². The number of aliphatic imine (C=N–C) groups is 1. The van der Waals surface area contributed by atoms with E-state index >= 15 is 0 Å². The first kappa shape index (κ1) is 28.5. The monoisotopic (exact) mass is 581 g/mol. The molecule has 4 rings (SSSR count). The standard InChI is InChI=1S/C24H23ClF3N7O5/c25-13-1-11(2-15(5-13)40-23(27)28)17(6-21(37)38)33-20(36)10-29-22(39)12-3-18(16-9-32-35-19(16)4-12)34-24-30-7-14(26)8-31-24/h1-5,9,14,17,23H,6-8,10H2,(H,29,39)(H,32,35)(H,33,36)(H,37,38)(H2,30,31,34). The van der Waals surface area contributed by atoms with E-state index in [1.807, 2.05) is 0 Å². The van der Waals surface area contributed by atoms with Crippen LogP contribution in [-0.4, -0.2) is 71.5 Å². The summed E-state index contributed by atoms with van der Waals surface area (Å²) in [5.74, 6) is -2.66. The second-order valence-corrected chi connectivity index (χ2v) is 9.08. The molecule has 212 valence electrons. The number of benzene rings is 2. The number of aromatic nitrogens is 2. The number of nitrogens with one attached hydrogen (secondary N) is 5. The van der Waals surface area contributed by atoms with E-state index in [-0.39, 0.29) is 35.0 Å². The summed E-state index contributed by atoms with van der Waals surface area (Å²) >= 11 is 5.95. The van der Waals surface area contributed by atoms with Gasteiger partial charge in [0, 0.05) is 16.0 Å². The van der Waals surface area contributed by atoms with Crippen molar-refractivity contribution < 1.29 is 37.4 Å². The summed E-state index contributed by atoms with van der Waals surface area (Å²) in [5, 5.41) is 27.3.